The SMILES string of the molecule is O=S(=O)(Nc1ccc(OC(F)(F)F)cc1)c1ccccc1F. The first kappa shape index (κ1) is 16.1. The third-order valence-corrected chi connectivity index (χ3v) is 3.88. The van der Waals surface area contributed by atoms with E-state index in [2.05, 4.69) is 9.46 Å². The van der Waals surface area contributed by atoms with Crippen LogP contribution in [0.25, 0.3) is 0 Å². The second kappa shape index (κ2) is 5.84. The average Bonchev–Trinajstić information content (AvgIpc) is 2.39. The van der Waals surface area contributed by atoms with Gasteiger partial charge in [-0.25, -0.2) is 12.8 Å². The lowest BCUT2D eigenvalue weighted by Crippen LogP contribution is -2.17. The molecule has 2 aromatic rings. The van der Waals surface area contributed by atoms with Gasteiger partial charge >= 0.3 is 6.36 Å². The topological polar surface area (TPSA) is 55.4 Å². The number of anilines is 1. The number of ether oxygens (including phenoxy) is 1. The second-order valence-corrected chi connectivity index (χ2v) is 5.76. The predicted octanol–water partition coefficient (Wildman–Crippen LogP) is 3.53. The van der Waals surface area contributed by atoms with Gasteiger partial charge in [0.2, 0.25) is 0 Å². The molecular weight excluding hydrogens is 326 g/mol. The van der Waals surface area contributed by atoms with Gasteiger partial charge in [0.25, 0.3) is 10.0 Å². The molecule has 0 aliphatic rings. The van der Waals surface area contributed by atoms with Gasteiger partial charge in [0.15, 0.2) is 0 Å². The zero-order valence-corrected chi connectivity index (χ0v) is 11.6. The molecule has 0 bridgehead atoms. The Labute approximate surface area is 123 Å². The number of hydrogen-bond acceptors (Lipinski definition) is 3. The maximum atomic E-state index is 13.5. The van der Waals surface area contributed by atoms with Crippen molar-refractivity contribution in [2.75, 3.05) is 4.72 Å². The fourth-order valence-corrected chi connectivity index (χ4v) is 2.74. The second-order valence-electron chi connectivity index (χ2n) is 4.11. The van der Waals surface area contributed by atoms with E-state index in [-0.39, 0.29) is 5.69 Å². The van der Waals surface area contributed by atoms with Crippen LogP contribution in [0.2, 0.25) is 0 Å². The molecule has 9 heteroatoms. The number of benzene rings is 2. The van der Waals surface area contributed by atoms with Crippen LogP contribution < -0.4 is 9.46 Å². The quantitative estimate of drug-likeness (QED) is 0.870. The highest BCUT2D eigenvalue weighted by Gasteiger charge is 2.31. The molecule has 0 aliphatic carbocycles. The van der Waals surface area contributed by atoms with Gasteiger partial charge in [0, 0.05) is 5.69 Å². The largest absolute Gasteiger partial charge is 0.573 e. The Morgan fingerprint density at radius 3 is 2.09 bits per heavy atom. The molecule has 0 aromatic heterocycles. The highest BCUT2D eigenvalue weighted by Crippen LogP contribution is 2.25. The van der Waals surface area contributed by atoms with E-state index in [0.717, 1.165) is 36.4 Å². The maximum absolute atomic E-state index is 13.5. The van der Waals surface area contributed by atoms with Crippen molar-refractivity contribution >= 4 is 15.7 Å². The van der Waals surface area contributed by atoms with Gasteiger partial charge in [-0.05, 0) is 36.4 Å². The molecule has 0 amide bonds. The van der Waals surface area contributed by atoms with Crippen LogP contribution in [0.15, 0.2) is 53.4 Å². The van der Waals surface area contributed by atoms with Gasteiger partial charge in [-0.15, -0.1) is 13.2 Å². The molecule has 0 unspecified atom stereocenters. The minimum Gasteiger partial charge on any atom is -0.406 e. The summed E-state index contributed by atoms with van der Waals surface area (Å²) < 4.78 is 79.1. The smallest absolute Gasteiger partial charge is 0.406 e. The Morgan fingerprint density at radius 1 is 0.955 bits per heavy atom. The Bertz CT molecular complexity index is 758. The van der Waals surface area contributed by atoms with Gasteiger partial charge in [0.05, 0.1) is 0 Å². The van der Waals surface area contributed by atoms with Crippen LogP contribution in [0.5, 0.6) is 5.75 Å². The van der Waals surface area contributed by atoms with Gasteiger partial charge in [-0.3, -0.25) is 4.72 Å². The molecule has 0 fully saturated rings. The van der Waals surface area contributed by atoms with Crippen LogP contribution in [0.1, 0.15) is 0 Å². The maximum Gasteiger partial charge on any atom is 0.573 e. The lowest BCUT2D eigenvalue weighted by Gasteiger charge is -2.11. The van der Waals surface area contributed by atoms with E-state index in [4.69, 9.17) is 0 Å². The van der Waals surface area contributed by atoms with E-state index < -0.39 is 32.8 Å². The molecule has 2 aromatic carbocycles. The number of alkyl halides is 3. The molecule has 2 rings (SSSR count). The molecule has 4 nitrogen and oxygen atoms in total. The van der Waals surface area contributed by atoms with E-state index in [1.807, 2.05) is 0 Å². The molecule has 0 radical (unpaired) electrons. The summed E-state index contributed by atoms with van der Waals surface area (Å²) in [6.45, 7) is 0. The molecule has 0 spiro atoms. The fraction of sp³-hybridized carbons (Fsp3) is 0.0769. The van der Waals surface area contributed by atoms with Crippen molar-refractivity contribution < 1.29 is 30.7 Å². The Kier molecular flexibility index (Phi) is 4.27. The first-order valence-electron chi connectivity index (χ1n) is 5.80. The van der Waals surface area contributed by atoms with Crippen LogP contribution in [-0.4, -0.2) is 14.8 Å². The van der Waals surface area contributed by atoms with E-state index in [1.165, 1.54) is 12.1 Å². The number of hydrogen-bond donors (Lipinski definition) is 1. The normalized spacial score (nSPS) is 12.0. The van der Waals surface area contributed by atoms with E-state index in [9.17, 15) is 26.0 Å². The van der Waals surface area contributed by atoms with Gasteiger partial charge < -0.3 is 4.74 Å². The van der Waals surface area contributed by atoms with Gasteiger partial charge in [0.1, 0.15) is 16.5 Å². The van der Waals surface area contributed by atoms with Crippen molar-refractivity contribution in [3.63, 3.8) is 0 Å². The predicted molar refractivity (Wildman–Crippen MR) is 70.3 cm³/mol. The molecule has 118 valence electrons. The molecule has 0 aliphatic heterocycles. The van der Waals surface area contributed by atoms with Crippen molar-refractivity contribution in [1.82, 2.24) is 0 Å². The van der Waals surface area contributed by atoms with Crippen LogP contribution in [0.3, 0.4) is 0 Å². The summed E-state index contributed by atoms with van der Waals surface area (Å²) in [6.07, 6.45) is -4.84. The summed E-state index contributed by atoms with van der Waals surface area (Å²) in [7, 11) is -4.18. The highest BCUT2D eigenvalue weighted by atomic mass is 32.2. The molecule has 0 atom stereocenters. The first-order valence-corrected chi connectivity index (χ1v) is 7.29. The summed E-state index contributed by atoms with van der Waals surface area (Å²) in [4.78, 5) is -0.564. The molecule has 22 heavy (non-hydrogen) atoms. The van der Waals surface area contributed by atoms with Crippen molar-refractivity contribution in [1.29, 1.82) is 0 Å². The molecule has 0 saturated heterocycles. The lowest BCUT2D eigenvalue weighted by atomic mass is 10.3. The standard InChI is InChI=1S/C13H9F4NO3S/c14-11-3-1-2-4-12(11)22(19,20)18-9-5-7-10(8-6-9)21-13(15,16)17/h1-8,18H. The van der Waals surface area contributed by atoms with Gasteiger partial charge in [-0.2, -0.15) is 0 Å². The zero-order valence-electron chi connectivity index (χ0n) is 10.8. The summed E-state index contributed by atoms with van der Waals surface area (Å²) in [5.41, 5.74) is -0.0298. The molecular formula is C13H9F4NO3S. The van der Waals surface area contributed by atoms with Crippen molar-refractivity contribution in [3.05, 3.63) is 54.3 Å². The lowest BCUT2D eigenvalue weighted by molar-refractivity contribution is -0.274. The van der Waals surface area contributed by atoms with E-state index in [0.29, 0.717) is 0 Å². The summed E-state index contributed by atoms with van der Waals surface area (Å²) >= 11 is 0. The fourth-order valence-electron chi connectivity index (χ4n) is 1.60. The number of rotatable bonds is 4. The number of nitrogens with one attached hydrogen (secondary N) is 1. The molecule has 1 N–H and O–H groups in total. The number of sulfonamides is 1. The van der Waals surface area contributed by atoms with Crippen LogP contribution in [0.4, 0.5) is 23.2 Å². The summed E-state index contributed by atoms with van der Waals surface area (Å²) in [6, 6.07) is 8.74. The van der Waals surface area contributed by atoms with Gasteiger partial charge in [-0.1, -0.05) is 12.1 Å². The Balaban J connectivity index is 2.19. The summed E-state index contributed by atoms with van der Waals surface area (Å²) in [5, 5.41) is 0. The minimum absolute atomic E-state index is 0.0298. The Morgan fingerprint density at radius 2 is 1.55 bits per heavy atom. The summed E-state index contributed by atoms with van der Waals surface area (Å²) in [5.74, 6) is -1.44. The molecule has 0 saturated carbocycles. The third-order valence-electron chi connectivity index (χ3n) is 2.47. The highest BCUT2D eigenvalue weighted by molar-refractivity contribution is 7.92. The zero-order chi connectivity index (χ0) is 16.4. The Hall–Kier alpha value is -2.29. The van der Waals surface area contributed by atoms with E-state index >= 15 is 0 Å². The number of halogens is 4. The average molecular weight is 335 g/mol. The van der Waals surface area contributed by atoms with Crippen molar-refractivity contribution in [3.8, 4) is 5.75 Å². The minimum atomic E-state index is -4.84. The van der Waals surface area contributed by atoms with E-state index in [1.54, 1.807) is 0 Å². The monoisotopic (exact) mass is 335 g/mol. The van der Waals surface area contributed by atoms with Crippen molar-refractivity contribution in [2.45, 2.75) is 11.3 Å². The third kappa shape index (κ3) is 4.10. The van der Waals surface area contributed by atoms with Crippen molar-refractivity contribution in [2.24, 2.45) is 0 Å². The first-order chi connectivity index (χ1) is 10.2. The van der Waals surface area contributed by atoms with Crippen LogP contribution in [-0.2, 0) is 10.0 Å². The molecule has 0 heterocycles. The van der Waals surface area contributed by atoms with Crippen LogP contribution in [0, 0.1) is 5.82 Å². The van der Waals surface area contributed by atoms with Crippen LogP contribution >= 0.6 is 0 Å².